The van der Waals surface area contributed by atoms with E-state index in [1.54, 1.807) is 19.1 Å². The Balaban J connectivity index is 1.89. The number of nitrogens with zero attached hydrogens (tertiary/aromatic N) is 1. The van der Waals surface area contributed by atoms with E-state index in [2.05, 4.69) is 20.9 Å². The summed E-state index contributed by atoms with van der Waals surface area (Å²) < 4.78 is 23.0. The highest BCUT2D eigenvalue weighted by molar-refractivity contribution is 7.93. The molecule has 1 saturated heterocycles. The predicted molar refractivity (Wildman–Crippen MR) is 126 cm³/mol. The smallest absolute Gasteiger partial charge is 0.253 e. The molecule has 1 aliphatic rings. The molecule has 10 nitrogen and oxygen atoms in total. The van der Waals surface area contributed by atoms with Crippen LogP contribution in [0.3, 0.4) is 0 Å². The van der Waals surface area contributed by atoms with E-state index in [0.29, 0.717) is 11.3 Å². The minimum atomic E-state index is -3.12. The number of carbonyl (C=O) groups excluding carboxylic acids is 2. The molecule has 1 aromatic heterocycles. The Hall–Kier alpha value is -3.47. The van der Waals surface area contributed by atoms with Crippen molar-refractivity contribution in [2.24, 2.45) is 0 Å². The molecule has 0 spiro atoms. The molecular formula is C22H27N5O5S. The van der Waals surface area contributed by atoms with Gasteiger partial charge in [-0.2, -0.15) is 0 Å². The molecule has 0 bridgehead atoms. The number of phenols is 1. The van der Waals surface area contributed by atoms with Crippen LogP contribution < -0.4 is 16.0 Å². The Bertz CT molecular complexity index is 1230. The highest BCUT2D eigenvalue weighted by atomic mass is 32.2. The molecule has 0 radical (unpaired) electrons. The van der Waals surface area contributed by atoms with Crippen LogP contribution in [0, 0.1) is 5.41 Å². The number of aromatic nitrogens is 1. The second-order valence-corrected chi connectivity index (χ2v) is 10.8. The molecule has 176 valence electrons. The van der Waals surface area contributed by atoms with Crippen molar-refractivity contribution in [1.29, 1.82) is 5.41 Å². The van der Waals surface area contributed by atoms with Crippen LogP contribution in [-0.4, -0.2) is 59.1 Å². The molecule has 0 unspecified atom stereocenters. The number of hydrogen-bond donors (Lipinski definition) is 5. The largest absolute Gasteiger partial charge is 0.506 e. The average molecular weight is 474 g/mol. The van der Waals surface area contributed by atoms with Gasteiger partial charge in [0.05, 0.1) is 39.7 Å². The highest BCUT2D eigenvalue weighted by Crippen LogP contribution is 2.28. The van der Waals surface area contributed by atoms with Gasteiger partial charge in [0.1, 0.15) is 11.4 Å². The van der Waals surface area contributed by atoms with E-state index < -0.39 is 21.3 Å². The lowest BCUT2D eigenvalue weighted by atomic mass is 10.0. The monoisotopic (exact) mass is 473 g/mol. The fourth-order valence-corrected chi connectivity index (χ4v) is 5.68. The van der Waals surface area contributed by atoms with E-state index in [1.165, 1.54) is 25.3 Å². The second-order valence-electron chi connectivity index (χ2n) is 8.75. The van der Waals surface area contributed by atoms with Gasteiger partial charge in [-0.1, -0.05) is 6.07 Å². The first-order valence-electron chi connectivity index (χ1n) is 10.3. The fraction of sp³-hybridized carbons (Fsp3) is 0.364. The van der Waals surface area contributed by atoms with Gasteiger partial charge in [0.2, 0.25) is 5.91 Å². The van der Waals surface area contributed by atoms with Crippen molar-refractivity contribution in [3.8, 4) is 5.75 Å². The minimum Gasteiger partial charge on any atom is -0.506 e. The lowest BCUT2D eigenvalue weighted by Crippen LogP contribution is -2.63. The van der Waals surface area contributed by atoms with Gasteiger partial charge in [0, 0.05) is 24.7 Å². The molecule has 3 rings (SSSR count). The maximum Gasteiger partial charge on any atom is 0.253 e. The van der Waals surface area contributed by atoms with Crippen LogP contribution >= 0.6 is 0 Å². The first kappa shape index (κ1) is 24.2. The number of pyridine rings is 1. The number of phenolic OH excluding ortho intramolecular Hbond substituents is 1. The van der Waals surface area contributed by atoms with Crippen molar-refractivity contribution in [2.75, 3.05) is 22.1 Å². The minimum absolute atomic E-state index is 0.00633. The van der Waals surface area contributed by atoms with Gasteiger partial charge in [-0.25, -0.2) is 8.42 Å². The number of amides is 2. The maximum absolute atomic E-state index is 12.7. The van der Waals surface area contributed by atoms with E-state index in [0.717, 1.165) is 0 Å². The molecule has 2 amide bonds. The molecular weight excluding hydrogens is 446 g/mol. The van der Waals surface area contributed by atoms with Crippen molar-refractivity contribution in [2.45, 2.75) is 39.3 Å². The van der Waals surface area contributed by atoms with Gasteiger partial charge < -0.3 is 21.1 Å². The average Bonchev–Trinajstić information content (AvgIpc) is 2.66. The zero-order valence-electron chi connectivity index (χ0n) is 18.8. The molecule has 0 aliphatic carbocycles. The van der Waals surface area contributed by atoms with Gasteiger partial charge >= 0.3 is 0 Å². The number of rotatable bonds is 7. The Morgan fingerprint density at radius 1 is 1.15 bits per heavy atom. The zero-order valence-corrected chi connectivity index (χ0v) is 19.6. The summed E-state index contributed by atoms with van der Waals surface area (Å²) in [6, 6.07) is 5.96. The number of carbonyl (C=O) groups is 2. The number of anilines is 2. The van der Waals surface area contributed by atoms with E-state index >= 15 is 0 Å². The SMILES string of the molecule is CC(=O)Nc1ccc(C(=N)c2ncc(C(=O)NC3(C)CS(=O)(=O)C3)cc2NC(C)C)cc1O. The number of hydrogen-bond acceptors (Lipinski definition) is 8. The van der Waals surface area contributed by atoms with Crippen LogP contribution in [0.5, 0.6) is 5.75 Å². The van der Waals surface area contributed by atoms with Gasteiger partial charge in [0.25, 0.3) is 5.91 Å². The molecule has 0 atom stereocenters. The van der Waals surface area contributed by atoms with Crippen LogP contribution in [-0.2, 0) is 14.6 Å². The molecule has 33 heavy (non-hydrogen) atoms. The number of nitrogens with one attached hydrogen (secondary N) is 4. The summed E-state index contributed by atoms with van der Waals surface area (Å²) in [5, 5.41) is 27.2. The van der Waals surface area contributed by atoms with E-state index in [9.17, 15) is 23.1 Å². The van der Waals surface area contributed by atoms with E-state index in [-0.39, 0.29) is 51.9 Å². The summed E-state index contributed by atoms with van der Waals surface area (Å²) in [7, 11) is -3.12. The van der Waals surface area contributed by atoms with Gasteiger partial charge in [-0.05, 0) is 39.0 Å². The van der Waals surface area contributed by atoms with Crippen LogP contribution in [0.4, 0.5) is 11.4 Å². The summed E-state index contributed by atoms with van der Waals surface area (Å²) in [5.41, 5.74) is 0.719. The van der Waals surface area contributed by atoms with Crippen molar-refractivity contribution < 1.29 is 23.1 Å². The summed E-state index contributed by atoms with van der Waals surface area (Å²) >= 11 is 0. The number of sulfone groups is 1. The van der Waals surface area contributed by atoms with Crippen molar-refractivity contribution in [3.05, 3.63) is 47.3 Å². The first-order valence-corrected chi connectivity index (χ1v) is 12.1. The summed E-state index contributed by atoms with van der Waals surface area (Å²) in [4.78, 5) is 28.3. The Morgan fingerprint density at radius 2 is 1.82 bits per heavy atom. The lowest BCUT2D eigenvalue weighted by Gasteiger charge is -2.38. The quantitative estimate of drug-likeness (QED) is 0.303. The van der Waals surface area contributed by atoms with E-state index in [4.69, 9.17) is 5.41 Å². The van der Waals surface area contributed by atoms with E-state index in [1.807, 2.05) is 13.8 Å². The molecule has 2 heterocycles. The fourth-order valence-electron chi connectivity index (χ4n) is 3.68. The number of aromatic hydroxyl groups is 1. The molecule has 1 aromatic carbocycles. The van der Waals surface area contributed by atoms with Gasteiger partial charge in [0.15, 0.2) is 9.84 Å². The summed E-state index contributed by atoms with van der Waals surface area (Å²) in [5.74, 6) is -1.21. The molecule has 2 aromatic rings. The summed E-state index contributed by atoms with van der Waals surface area (Å²) in [6.07, 6.45) is 1.33. The van der Waals surface area contributed by atoms with Crippen molar-refractivity contribution in [1.82, 2.24) is 10.3 Å². The summed E-state index contributed by atoms with van der Waals surface area (Å²) in [6.45, 7) is 6.79. The van der Waals surface area contributed by atoms with Gasteiger partial charge in [-0.3, -0.25) is 20.0 Å². The normalized spacial score (nSPS) is 15.9. The number of benzene rings is 1. The Kier molecular flexibility index (Phi) is 6.46. The lowest BCUT2D eigenvalue weighted by molar-refractivity contribution is -0.114. The molecule has 5 N–H and O–H groups in total. The molecule has 1 fully saturated rings. The third kappa shape index (κ3) is 5.67. The predicted octanol–water partition coefficient (Wildman–Crippen LogP) is 1.90. The van der Waals surface area contributed by atoms with Crippen LogP contribution in [0.15, 0.2) is 30.5 Å². The first-order chi connectivity index (χ1) is 15.3. The third-order valence-electron chi connectivity index (χ3n) is 4.92. The molecule has 0 saturated carbocycles. The molecule has 1 aliphatic heterocycles. The molecule has 11 heteroatoms. The topological polar surface area (TPSA) is 161 Å². The Labute approximate surface area is 192 Å². The second kappa shape index (κ2) is 8.81. The standard InChI is InChI=1S/C22H27N5O5S/c1-12(2)25-17-7-15(21(30)27-22(4)10-33(31,32)11-22)9-24-20(17)19(23)14-5-6-16(18(29)8-14)26-13(3)28/h5-9,12,23,25,29H,10-11H2,1-4H3,(H,26,28)(H,27,30). The van der Waals surface area contributed by atoms with Crippen LogP contribution in [0.25, 0.3) is 0 Å². The van der Waals surface area contributed by atoms with Crippen LogP contribution in [0.1, 0.15) is 49.3 Å². The van der Waals surface area contributed by atoms with Gasteiger partial charge in [-0.15, -0.1) is 0 Å². The Morgan fingerprint density at radius 3 is 2.36 bits per heavy atom. The van der Waals surface area contributed by atoms with Crippen molar-refractivity contribution >= 4 is 38.7 Å². The maximum atomic E-state index is 12.7. The van der Waals surface area contributed by atoms with Crippen molar-refractivity contribution in [3.63, 3.8) is 0 Å². The van der Waals surface area contributed by atoms with Crippen LogP contribution in [0.2, 0.25) is 0 Å². The zero-order chi connectivity index (χ0) is 24.6. The third-order valence-corrected chi connectivity index (χ3v) is 7.07. The highest BCUT2D eigenvalue weighted by Gasteiger charge is 2.45.